The minimum Gasteiger partial charge on any atom is -0.497 e. The Labute approximate surface area is 162 Å². The Hall–Kier alpha value is -2.14. The van der Waals surface area contributed by atoms with Crippen LogP contribution in [0.4, 0.5) is 5.69 Å². The van der Waals surface area contributed by atoms with Gasteiger partial charge in [-0.1, -0.05) is 38.5 Å². The third kappa shape index (κ3) is 12.3. The van der Waals surface area contributed by atoms with E-state index in [0.29, 0.717) is 0 Å². The van der Waals surface area contributed by atoms with Gasteiger partial charge in [-0.15, -0.1) is 11.8 Å². The lowest BCUT2D eigenvalue weighted by Gasteiger charge is -2.06. The SMILES string of the molecule is CCCCNc1cccc(SCC)c1.COc1cccc(C)c1.O=CO. The molecule has 5 heteroatoms. The second-order valence-electron chi connectivity index (χ2n) is 5.37. The van der Waals surface area contributed by atoms with Gasteiger partial charge >= 0.3 is 0 Å². The van der Waals surface area contributed by atoms with Crippen molar-refractivity contribution in [2.45, 2.75) is 38.5 Å². The highest BCUT2D eigenvalue weighted by Gasteiger charge is 1.94. The highest BCUT2D eigenvalue weighted by Crippen LogP contribution is 2.21. The summed E-state index contributed by atoms with van der Waals surface area (Å²) in [6, 6.07) is 16.6. The van der Waals surface area contributed by atoms with Gasteiger partial charge in [0, 0.05) is 17.1 Å². The molecule has 0 amide bonds. The number of thioether (sulfide) groups is 1. The Morgan fingerprint density at radius 1 is 1.15 bits per heavy atom. The number of methoxy groups -OCH3 is 1. The smallest absolute Gasteiger partial charge is 0.290 e. The standard InChI is InChI=1S/C12H19NS.C8H10O.CH2O2/c1-3-5-9-13-11-7-6-8-12(10-11)14-4-2;1-7-4-3-5-8(6-7)9-2;2-1-3/h6-8,10,13H,3-5,9H2,1-2H3;3-6H,1-2H3;1H,(H,2,3). The Balaban J connectivity index is 0.000000446. The zero-order valence-electron chi connectivity index (χ0n) is 16.2. The first-order valence-corrected chi connectivity index (χ1v) is 9.75. The van der Waals surface area contributed by atoms with E-state index >= 15 is 0 Å². The topological polar surface area (TPSA) is 58.6 Å². The second kappa shape index (κ2) is 16.3. The molecule has 0 heterocycles. The number of benzene rings is 2. The Kier molecular flexibility index (Phi) is 15.0. The molecule has 0 radical (unpaired) electrons. The molecule has 2 aromatic carbocycles. The molecule has 2 N–H and O–H groups in total. The number of carboxylic acid groups (broad SMARTS) is 1. The van der Waals surface area contributed by atoms with E-state index in [4.69, 9.17) is 14.6 Å². The normalized spacial score (nSPS) is 9.08. The van der Waals surface area contributed by atoms with Crippen LogP contribution in [0, 0.1) is 6.92 Å². The van der Waals surface area contributed by atoms with Crippen molar-refractivity contribution in [3.8, 4) is 5.75 Å². The number of hydrogen-bond acceptors (Lipinski definition) is 4. The molecular weight excluding hydrogens is 346 g/mol. The summed E-state index contributed by atoms with van der Waals surface area (Å²) in [6.07, 6.45) is 2.49. The van der Waals surface area contributed by atoms with E-state index in [9.17, 15) is 0 Å². The van der Waals surface area contributed by atoms with Crippen LogP contribution in [0.25, 0.3) is 0 Å². The summed E-state index contributed by atoms with van der Waals surface area (Å²) in [5.41, 5.74) is 2.48. The molecule has 0 atom stereocenters. The first kappa shape index (κ1) is 23.9. The molecule has 0 saturated carbocycles. The summed E-state index contributed by atoms with van der Waals surface area (Å²) < 4.78 is 5.00. The maximum atomic E-state index is 8.36. The van der Waals surface area contributed by atoms with Crippen LogP contribution in [0.15, 0.2) is 53.4 Å². The average Bonchev–Trinajstić information content (AvgIpc) is 2.64. The predicted molar refractivity (Wildman–Crippen MR) is 113 cm³/mol. The zero-order chi connectivity index (χ0) is 19.6. The van der Waals surface area contributed by atoms with Crippen LogP contribution >= 0.6 is 11.8 Å². The van der Waals surface area contributed by atoms with Crippen molar-refractivity contribution < 1.29 is 14.6 Å². The number of hydrogen-bond donors (Lipinski definition) is 2. The number of unbranched alkanes of at least 4 members (excludes halogenated alkanes) is 1. The van der Waals surface area contributed by atoms with Crippen LogP contribution in [-0.2, 0) is 4.79 Å². The number of aryl methyl sites for hydroxylation is 1. The predicted octanol–water partition coefficient (Wildman–Crippen LogP) is 5.72. The van der Waals surface area contributed by atoms with Crippen LogP contribution < -0.4 is 10.1 Å². The van der Waals surface area contributed by atoms with E-state index in [0.717, 1.165) is 18.0 Å². The minimum atomic E-state index is -0.250. The Morgan fingerprint density at radius 3 is 2.38 bits per heavy atom. The van der Waals surface area contributed by atoms with Crippen molar-refractivity contribution >= 4 is 23.9 Å². The van der Waals surface area contributed by atoms with Crippen molar-refractivity contribution in [1.82, 2.24) is 0 Å². The van der Waals surface area contributed by atoms with Crippen LogP contribution in [-0.4, -0.2) is 31.0 Å². The summed E-state index contributed by atoms with van der Waals surface area (Å²) in [5.74, 6) is 2.06. The molecule has 0 aliphatic heterocycles. The summed E-state index contributed by atoms with van der Waals surface area (Å²) >= 11 is 1.89. The molecular formula is C21H31NO3S. The molecule has 0 saturated heterocycles. The van der Waals surface area contributed by atoms with Crippen molar-refractivity contribution in [2.75, 3.05) is 24.7 Å². The van der Waals surface area contributed by atoms with Crippen LogP contribution in [0.2, 0.25) is 0 Å². The first-order valence-electron chi connectivity index (χ1n) is 8.76. The van der Waals surface area contributed by atoms with E-state index in [2.05, 4.69) is 43.4 Å². The lowest BCUT2D eigenvalue weighted by atomic mass is 10.2. The molecule has 0 spiro atoms. The molecule has 2 rings (SSSR count). The maximum absolute atomic E-state index is 8.36. The molecule has 0 unspecified atom stereocenters. The minimum absolute atomic E-state index is 0.250. The zero-order valence-corrected chi connectivity index (χ0v) is 17.0. The van der Waals surface area contributed by atoms with Crippen LogP contribution in [0.3, 0.4) is 0 Å². The maximum Gasteiger partial charge on any atom is 0.290 e. The highest BCUT2D eigenvalue weighted by atomic mass is 32.2. The highest BCUT2D eigenvalue weighted by molar-refractivity contribution is 7.99. The van der Waals surface area contributed by atoms with Gasteiger partial charge in [-0.3, -0.25) is 4.79 Å². The molecule has 4 nitrogen and oxygen atoms in total. The first-order chi connectivity index (χ1) is 12.6. The fraction of sp³-hybridized carbons (Fsp3) is 0.381. The number of anilines is 1. The summed E-state index contributed by atoms with van der Waals surface area (Å²) in [4.78, 5) is 9.72. The van der Waals surface area contributed by atoms with E-state index in [1.807, 2.05) is 43.0 Å². The largest absolute Gasteiger partial charge is 0.497 e. The third-order valence-electron chi connectivity index (χ3n) is 3.23. The van der Waals surface area contributed by atoms with Crippen molar-refractivity contribution in [3.05, 3.63) is 54.1 Å². The lowest BCUT2D eigenvalue weighted by molar-refractivity contribution is -0.122. The summed E-state index contributed by atoms with van der Waals surface area (Å²) in [5, 5.41) is 10.3. The molecule has 0 fully saturated rings. The van der Waals surface area contributed by atoms with E-state index in [-0.39, 0.29) is 6.47 Å². The van der Waals surface area contributed by atoms with Gasteiger partial charge in [0.25, 0.3) is 6.47 Å². The second-order valence-corrected chi connectivity index (χ2v) is 6.70. The van der Waals surface area contributed by atoms with Gasteiger partial charge in [0.15, 0.2) is 0 Å². The number of carbonyl (C=O) groups is 1. The quantitative estimate of drug-likeness (QED) is 0.367. The molecule has 2 aromatic rings. The Morgan fingerprint density at radius 2 is 1.85 bits per heavy atom. The van der Waals surface area contributed by atoms with E-state index in [1.54, 1.807) is 7.11 Å². The summed E-state index contributed by atoms with van der Waals surface area (Å²) in [7, 11) is 1.68. The van der Waals surface area contributed by atoms with Gasteiger partial charge in [-0.2, -0.15) is 0 Å². The fourth-order valence-corrected chi connectivity index (χ4v) is 2.73. The average molecular weight is 378 g/mol. The van der Waals surface area contributed by atoms with Gasteiger partial charge in [0.05, 0.1) is 7.11 Å². The lowest BCUT2D eigenvalue weighted by Crippen LogP contribution is -2.00. The summed E-state index contributed by atoms with van der Waals surface area (Å²) in [6.45, 7) is 7.27. The van der Waals surface area contributed by atoms with Gasteiger partial charge in [0.2, 0.25) is 0 Å². The number of nitrogens with one attached hydrogen (secondary N) is 1. The molecule has 0 bridgehead atoms. The van der Waals surface area contributed by atoms with Crippen LogP contribution in [0.5, 0.6) is 5.75 Å². The van der Waals surface area contributed by atoms with Gasteiger partial charge in [-0.05, 0) is 55.0 Å². The van der Waals surface area contributed by atoms with Gasteiger partial charge < -0.3 is 15.2 Å². The fourth-order valence-electron chi connectivity index (χ4n) is 2.01. The molecule has 0 aromatic heterocycles. The molecule has 144 valence electrons. The van der Waals surface area contributed by atoms with E-state index in [1.165, 1.54) is 29.0 Å². The molecule has 26 heavy (non-hydrogen) atoms. The Bertz CT molecular complexity index is 605. The van der Waals surface area contributed by atoms with Crippen molar-refractivity contribution in [1.29, 1.82) is 0 Å². The van der Waals surface area contributed by atoms with Crippen molar-refractivity contribution in [3.63, 3.8) is 0 Å². The van der Waals surface area contributed by atoms with Gasteiger partial charge in [0.1, 0.15) is 5.75 Å². The van der Waals surface area contributed by atoms with E-state index < -0.39 is 0 Å². The number of ether oxygens (including phenoxy) is 1. The molecule has 0 aliphatic carbocycles. The van der Waals surface area contributed by atoms with Crippen LogP contribution in [0.1, 0.15) is 32.3 Å². The monoisotopic (exact) mass is 377 g/mol. The molecule has 0 aliphatic rings. The third-order valence-corrected chi connectivity index (χ3v) is 4.11. The number of rotatable bonds is 7. The van der Waals surface area contributed by atoms with Crippen molar-refractivity contribution in [2.24, 2.45) is 0 Å². The van der Waals surface area contributed by atoms with Gasteiger partial charge in [-0.25, -0.2) is 0 Å².